The van der Waals surface area contributed by atoms with Gasteiger partial charge in [0.2, 0.25) is 0 Å². The van der Waals surface area contributed by atoms with Crippen LogP contribution in [0.1, 0.15) is 39.0 Å². The number of hydrogen-bond acceptors (Lipinski definition) is 1. The molecule has 0 aromatic rings. The van der Waals surface area contributed by atoms with Crippen molar-refractivity contribution in [3.8, 4) is 0 Å². The van der Waals surface area contributed by atoms with Crippen LogP contribution in [0.2, 0.25) is 0 Å². The summed E-state index contributed by atoms with van der Waals surface area (Å²) >= 11 is 0. The topological polar surface area (TPSA) is 20.2 Å². The first-order valence-corrected chi connectivity index (χ1v) is 4.78. The average molecular weight is 168 g/mol. The van der Waals surface area contributed by atoms with Crippen molar-refractivity contribution in [1.82, 2.24) is 0 Å². The van der Waals surface area contributed by atoms with Gasteiger partial charge in [-0.3, -0.25) is 0 Å². The Morgan fingerprint density at radius 1 is 0.917 bits per heavy atom. The standard InChI is InChI=1S/C11H20O/c1-2-3-4-5-6-7-8-9-10-11-12/h2-3,9-10,12H,4-8,11H2,1H3. The van der Waals surface area contributed by atoms with Crippen molar-refractivity contribution in [2.45, 2.75) is 39.0 Å². The summed E-state index contributed by atoms with van der Waals surface area (Å²) in [5, 5.41) is 8.44. The first-order valence-electron chi connectivity index (χ1n) is 4.78. The van der Waals surface area contributed by atoms with Crippen LogP contribution in [-0.4, -0.2) is 11.7 Å². The van der Waals surface area contributed by atoms with Gasteiger partial charge in [0.1, 0.15) is 0 Å². The Bertz CT molecular complexity index is 125. The van der Waals surface area contributed by atoms with Gasteiger partial charge in [-0.05, 0) is 32.6 Å². The van der Waals surface area contributed by atoms with Gasteiger partial charge in [-0.25, -0.2) is 0 Å². The van der Waals surface area contributed by atoms with Crippen molar-refractivity contribution in [2.24, 2.45) is 0 Å². The number of aliphatic hydroxyl groups is 1. The van der Waals surface area contributed by atoms with Crippen molar-refractivity contribution in [1.29, 1.82) is 0 Å². The van der Waals surface area contributed by atoms with Gasteiger partial charge in [-0.15, -0.1) is 0 Å². The van der Waals surface area contributed by atoms with Crippen LogP contribution in [0, 0.1) is 0 Å². The molecule has 0 amide bonds. The molecule has 0 aliphatic heterocycles. The quantitative estimate of drug-likeness (QED) is 0.457. The van der Waals surface area contributed by atoms with E-state index < -0.39 is 0 Å². The van der Waals surface area contributed by atoms with Gasteiger partial charge in [-0.2, -0.15) is 0 Å². The summed E-state index contributed by atoms with van der Waals surface area (Å²) in [4.78, 5) is 0. The molecule has 12 heavy (non-hydrogen) atoms. The Balaban J connectivity index is 2.95. The van der Waals surface area contributed by atoms with Gasteiger partial charge in [0.15, 0.2) is 0 Å². The van der Waals surface area contributed by atoms with Gasteiger partial charge >= 0.3 is 0 Å². The lowest BCUT2D eigenvalue weighted by molar-refractivity contribution is 0.342. The SMILES string of the molecule is CC=CCCCCCC=CCO. The Labute approximate surface area is 75.8 Å². The molecule has 1 nitrogen and oxygen atoms in total. The summed E-state index contributed by atoms with van der Waals surface area (Å²) in [7, 11) is 0. The average Bonchev–Trinajstić information content (AvgIpc) is 2.10. The van der Waals surface area contributed by atoms with Crippen molar-refractivity contribution in [3.63, 3.8) is 0 Å². The molecule has 0 spiro atoms. The molecule has 0 aliphatic rings. The number of hydrogen-bond donors (Lipinski definition) is 1. The Kier molecular flexibility index (Phi) is 9.95. The normalized spacial score (nSPS) is 11.8. The van der Waals surface area contributed by atoms with E-state index in [1.165, 1.54) is 25.7 Å². The van der Waals surface area contributed by atoms with Crippen molar-refractivity contribution >= 4 is 0 Å². The smallest absolute Gasteiger partial charge is 0.0612 e. The minimum atomic E-state index is 0.179. The third-order valence-electron chi connectivity index (χ3n) is 1.75. The Morgan fingerprint density at radius 3 is 2.17 bits per heavy atom. The fourth-order valence-corrected chi connectivity index (χ4v) is 1.06. The van der Waals surface area contributed by atoms with E-state index in [-0.39, 0.29) is 6.61 Å². The molecule has 0 rings (SSSR count). The van der Waals surface area contributed by atoms with Crippen LogP contribution in [0.25, 0.3) is 0 Å². The second-order valence-electron chi connectivity index (χ2n) is 2.86. The Morgan fingerprint density at radius 2 is 1.58 bits per heavy atom. The molecule has 70 valence electrons. The molecule has 0 saturated carbocycles. The molecule has 0 aromatic heterocycles. The summed E-state index contributed by atoms with van der Waals surface area (Å²) in [5.74, 6) is 0. The molecule has 0 fully saturated rings. The van der Waals surface area contributed by atoms with Crippen molar-refractivity contribution < 1.29 is 5.11 Å². The van der Waals surface area contributed by atoms with Crippen LogP contribution in [0.4, 0.5) is 0 Å². The minimum Gasteiger partial charge on any atom is -0.392 e. The van der Waals surface area contributed by atoms with E-state index >= 15 is 0 Å². The lowest BCUT2D eigenvalue weighted by atomic mass is 10.1. The number of rotatable bonds is 7. The highest BCUT2D eigenvalue weighted by atomic mass is 16.2. The van der Waals surface area contributed by atoms with Gasteiger partial charge in [0, 0.05) is 0 Å². The van der Waals surface area contributed by atoms with Crippen molar-refractivity contribution in [3.05, 3.63) is 24.3 Å². The predicted octanol–water partition coefficient (Wildman–Crippen LogP) is 3.06. The summed E-state index contributed by atoms with van der Waals surface area (Å²) < 4.78 is 0. The second-order valence-corrected chi connectivity index (χ2v) is 2.86. The van der Waals surface area contributed by atoms with Gasteiger partial charge in [-0.1, -0.05) is 30.7 Å². The highest BCUT2D eigenvalue weighted by Gasteiger charge is 1.84. The van der Waals surface area contributed by atoms with Crippen LogP contribution in [0.5, 0.6) is 0 Å². The summed E-state index contributed by atoms with van der Waals surface area (Å²) in [6.07, 6.45) is 14.3. The van der Waals surface area contributed by atoms with Crippen LogP contribution in [0.15, 0.2) is 24.3 Å². The third-order valence-corrected chi connectivity index (χ3v) is 1.75. The first kappa shape index (κ1) is 11.4. The zero-order chi connectivity index (χ0) is 9.07. The molecule has 0 bridgehead atoms. The minimum absolute atomic E-state index is 0.179. The molecule has 0 radical (unpaired) electrons. The molecule has 0 atom stereocenters. The van der Waals surface area contributed by atoms with Gasteiger partial charge in [0.05, 0.1) is 6.61 Å². The second kappa shape index (κ2) is 10.4. The molecule has 0 aromatic carbocycles. The molecule has 0 aliphatic carbocycles. The highest BCUT2D eigenvalue weighted by molar-refractivity contribution is 4.80. The molecule has 0 unspecified atom stereocenters. The zero-order valence-electron chi connectivity index (χ0n) is 8.00. The van der Waals surface area contributed by atoms with E-state index in [2.05, 4.69) is 25.2 Å². The first-order chi connectivity index (χ1) is 5.91. The van der Waals surface area contributed by atoms with E-state index in [1.807, 2.05) is 6.08 Å². The maximum atomic E-state index is 8.44. The monoisotopic (exact) mass is 168 g/mol. The lowest BCUT2D eigenvalue weighted by Crippen LogP contribution is -1.76. The van der Waals surface area contributed by atoms with Crippen LogP contribution in [-0.2, 0) is 0 Å². The predicted molar refractivity (Wildman–Crippen MR) is 54.1 cm³/mol. The van der Waals surface area contributed by atoms with Crippen LogP contribution < -0.4 is 0 Å². The lowest BCUT2D eigenvalue weighted by Gasteiger charge is -1.94. The summed E-state index contributed by atoms with van der Waals surface area (Å²) in [6, 6.07) is 0. The van der Waals surface area contributed by atoms with E-state index in [9.17, 15) is 0 Å². The van der Waals surface area contributed by atoms with Gasteiger partial charge in [0.25, 0.3) is 0 Å². The van der Waals surface area contributed by atoms with Crippen LogP contribution >= 0.6 is 0 Å². The third kappa shape index (κ3) is 9.44. The maximum absolute atomic E-state index is 8.44. The highest BCUT2D eigenvalue weighted by Crippen LogP contribution is 2.03. The fourth-order valence-electron chi connectivity index (χ4n) is 1.06. The van der Waals surface area contributed by atoms with E-state index in [0.29, 0.717) is 0 Å². The number of aliphatic hydroxyl groups excluding tert-OH is 1. The fraction of sp³-hybridized carbons (Fsp3) is 0.636. The largest absolute Gasteiger partial charge is 0.392 e. The summed E-state index contributed by atoms with van der Waals surface area (Å²) in [6.45, 7) is 2.24. The maximum Gasteiger partial charge on any atom is 0.0612 e. The molecule has 0 heterocycles. The Hall–Kier alpha value is -0.560. The number of allylic oxidation sites excluding steroid dienone is 3. The van der Waals surface area contributed by atoms with E-state index in [1.54, 1.807) is 0 Å². The molecule has 0 saturated heterocycles. The van der Waals surface area contributed by atoms with E-state index in [4.69, 9.17) is 5.11 Å². The van der Waals surface area contributed by atoms with Crippen molar-refractivity contribution in [2.75, 3.05) is 6.61 Å². The zero-order valence-corrected chi connectivity index (χ0v) is 8.00. The number of unbranched alkanes of at least 4 members (excludes halogenated alkanes) is 4. The molecule has 1 heteroatoms. The van der Waals surface area contributed by atoms with Gasteiger partial charge < -0.3 is 5.11 Å². The molecular formula is C11H20O. The molecule has 1 N–H and O–H groups in total. The summed E-state index contributed by atoms with van der Waals surface area (Å²) in [5.41, 5.74) is 0. The van der Waals surface area contributed by atoms with Crippen LogP contribution in [0.3, 0.4) is 0 Å². The molecular weight excluding hydrogens is 148 g/mol. The van der Waals surface area contributed by atoms with E-state index in [0.717, 1.165) is 6.42 Å².